The van der Waals surface area contributed by atoms with Crippen molar-refractivity contribution in [1.82, 2.24) is 19.7 Å². The zero-order valence-electron chi connectivity index (χ0n) is 14.9. The Labute approximate surface area is 161 Å². The van der Waals surface area contributed by atoms with E-state index >= 15 is 0 Å². The number of likely N-dealkylation sites (tertiary alicyclic amines) is 1. The summed E-state index contributed by atoms with van der Waals surface area (Å²) in [6.45, 7) is 3.50. The number of aliphatic carboxylic acids is 1. The molecule has 2 fully saturated rings. The lowest BCUT2D eigenvalue weighted by atomic mass is 9.84. The minimum Gasteiger partial charge on any atom is -0.478 e. The maximum Gasteiger partial charge on any atom is 0.347 e. The van der Waals surface area contributed by atoms with Crippen molar-refractivity contribution in [3.05, 3.63) is 47.5 Å². The molecule has 8 nitrogen and oxygen atoms in total. The fraction of sp³-hybridized carbons (Fsp3) is 0.500. The topological polar surface area (TPSA) is 89.7 Å². The molecule has 144 valence electrons. The Morgan fingerprint density at radius 3 is 2.59 bits per heavy atom. The Hall–Kier alpha value is -2.00. The summed E-state index contributed by atoms with van der Waals surface area (Å²) in [5, 5.41) is 15.3. The highest BCUT2D eigenvalue weighted by molar-refractivity contribution is 6.30. The zero-order valence-corrected chi connectivity index (χ0v) is 15.7. The van der Waals surface area contributed by atoms with Gasteiger partial charge in [-0.2, -0.15) is 5.10 Å². The van der Waals surface area contributed by atoms with Gasteiger partial charge in [0.15, 0.2) is 0 Å². The molecule has 2 saturated heterocycles. The van der Waals surface area contributed by atoms with Crippen LogP contribution < -0.4 is 0 Å². The molecule has 9 heteroatoms. The van der Waals surface area contributed by atoms with Gasteiger partial charge in [-0.05, 0) is 31.0 Å². The van der Waals surface area contributed by atoms with Crippen LogP contribution in [0.25, 0.3) is 0 Å². The molecule has 0 saturated carbocycles. The van der Waals surface area contributed by atoms with E-state index in [1.165, 1.54) is 17.3 Å². The number of aromatic nitrogens is 3. The number of hydrogen-bond acceptors (Lipinski definition) is 6. The van der Waals surface area contributed by atoms with Crippen LogP contribution in [0.5, 0.6) is 0 Å². The van der Waals surface area contributed by atoms with Crippen molar-refractivity contribution in [3.63, 3.8) is 0 Å². The normalized spacial score (nSPS) is 28.3. The van der Waals surface area contributed by atoms with Crippen molar-refractivity contribution < 1.29 is 19.4 Å². The summed E-state index contributed by atoms with van der Waals surface area (Å²) in [4.78, 5) is 18.8. The van der Waals surface area contributed by atoms with Crippen LogP contribution in [0.4, 0.5) is 0 Å². The second kappa shape index (κ2) is 6.87. The number of benzene rings is 1. The summed E-state index contributed by atoms with van der Waals surface area (Å²) in [5.41, 5.74) is -1.16. The fourth-order valence-corrected chi connectivity index (χ4v) is 4.53. The van der Waals surface area contributed by atoms with Crippen molar-refractivity contribution >= 4 is 17.6 Å². The number of rotatable bonds is 4. The molecule has 0 spiro atoms. The summed E-state index contributed by atoms with van der Waals surface area (Å²) < 4.78 is 12.5. The van der Waals surface area contributed by atoms with E-state index in [0.29, 0.717) is 31.2 Å². The Morgan fingerprint density at radius 2 is 2.00 bits per heavy atom. The van der Waals surface area contributed by atoms with Gasteiger partial charge in [0, 0.05) is 17.5 Å². The highest BCUT2D eigenvalue weighted by Gasteiger charge is 2.62. The molecule has 1 N–H and O–H groups in total. The van der Waals surface area contributed by atoms with Gasteiger partial charge in [-0.1, -0.05) is 23.7 Å². The standard InChI is InChI=1S/C18H21ClN4O4/c1-17(8-26-12-27-9-17)22-7-6-15(13-2-4-14(19)5-3-13)18(22,16(24)25)23-11-20-10-21-23/h2-5,10-11,15H,6-9,12H2,1H3,(H,24,25). The third-order valence-electron chi connectivity index (χ3n) is 5.54. The van der Waals surface area contributed by atoms with Gasteiger partial charge in [0.25, 0.3) is 0 Å². The Kier molecular flexibility index (Phi) is 4.67. The number of halogens is 1. The summed E-state index contributed by atoms with van der Waals surface area (Å²) in [6, 6.07) is 7.31. The lowest BCUT2D eigenvalue weighted by Gasteiger charge is -2.49. The highest BCUT2D eigenvalue weighted by Crippen LogP contribution is 2.49. The van der Waals surface area contributed by atoms with Gasteiger partial charge in [0.2, 0.25) is 5.66 Å². The lowest BCUT2D eigenvalue weighted by Crippen LogP contribution is -2.66. The maximum atomic E-state index is 12.8. The molecule has 4 rings (SSSR count). The molecule has 3 heterocycles. The summed E-state index contributed by atoms with van der Waals surface area (Å²) >= 11 is 6.04. The fourth-order valence-electron chi connectivity index (χ4n) is 4.40. The Balaban J connectivity index is 1.87. The van der Waals surface area contributed by atoms with Gasteiger partial charge >= 0.3 is 5.97 Å². The number of ether oxygens (including phenoxy) is 2. The van der Waals surface area contributed by atoms with E-state index in [4.69, 9.17) is 21.1 Å². The molecule has 0 radical (unpaired) electrons. The van der Waals surface area contributed by atoms with Gasteiger partial charge in [0.05, 0.1) is 18.8 Å². The van der Waals surface area contributed by atoms with E-state index in [1.807, 2.05) is 24.0 Å². The Morgan fingerprint density at radius 1 is 1.30 bits per heavy atom. The van der Waals surface area contributed by atoms with Gasteiger partial charge in [-0.3, -0.25) is 4.90 Å². The molecule has 1 aromatic carbocycles. The zero-order chi connectivity index (χ0) is 19.1. The molecule has 2 aliphatic heterocycles. The molecule has 0 bridgehead atoms. The molecule has 0 aliphatic carbocycles. The molecule has 27 heavy (non-hydrogen) atoms. The monoisotopic (exact) mass is 392 g/mol. The van der Waals surface area contributed by atoms with Crippen LogP contribution in [-0.4, -0.2) is 62.8 Å². The largest absolute Gasteiger partial charge is 0.478 e. The molecule has 1 aromatic heterocycles. The van der Waals surface area contributed by atoms with Crippen LogP contribution in [-0.2, 0) is 19.9 Å². The van der Waals surface area contributed by atoms with Crippen molar-refractivity contribution in [1.29, 1.82) is 0 Å². The van der Waals surface area contributed by atoms with Crippen molar-refractivity contribution in [2.24, 2.45) is 0 Å². The predicted octanol–water partition coefficient (Wildman–Crippen LogP) is 1.92. The maximum absolute atomic E-state index is 12.8. The molecule has 2 unspecified atom stereocenters. The molecule has 2 aromatic rings. The minimum absolute atomic E-state index is 0.216. The number of nitrogens with zero attached hydrogens (tertiary/aromatic N) is 4. The number of carbonyl (C=O) groups is 1. The van der Waals surface area contributed by atoms with Crippen LogP contribution in [0.15, 0.2) is 36.9 Å². The first kappa shape index (κ1) is 18.4. The number of hydrogen-bond donors (Lipinski definition) is 1. The molecule has 0 amide bonds. The van der Waals surface area contributed by atoms with Gasteiger partial charge < -0.3 is 14.6 Å². The minimum atomic E-state index is -1.44. The number of carboxylic acids is 1. The Bertz CT molecular complexity index is 807. The van der Waals surface area contributed by atoms with E-state index < -0.39 is 17.2 Å². The van der Waals surface area contributed by atoms with Crippen LogP contribution in [0.3, 0.4) is 0 Å². The molecular weight excluding hydrogens is 372 g/mol. The van der Waals surface area contributed by atoms with Crippen LogP contribution in [0.1, 0.15) is 24.8 Å². The van der Waals surface area contributed by atoms with Gasteiger partial charge in [-0.25, -0.2) is 14.5 Å². The van der Waals surface area contributed by atoms with E-state index in [2.05, 4.69) is 10.1 Å². The summed E-state index contributed by atoms with van der Waals surface area (Å²) in [7, 11) is 0. The quantitative estimate of drug-likeness (QED) is 0.850. The average molecular weight is 393 g/mol. The average Bonchev–Trinajstić information content (AvgIpc) is 3.31. The van der Waals surface area contributed by atoms with Crippen molar-refractivity contribution in [2.75, 3.05) is 26.6 Å². The first-order valence-electron chi connectivity index (χ1n) is 8.76. The van der Waals surface area contributed by atoms with Crippen molar-refractivity contribution in [3.8, 4) is 0 Å². The second-order valence-corrected chi connectivity index (χ2v) is 7.66. The third-order valence-corrected chi connectivity index (χ3v) is 5.79. The van der Waals surface area contributed by atoms with Gasteiger partial charge in [-0.15, -0.1) is 0 Å². The molecule has 2 atom stereocenters. The molecular formula is C18H21ClN4O4. The first-order chi connectivity index (χ1) is 13.0. The van der Waals surface area contributed by atoms with E-state index in [1.54, 1.807) is 12.1 Å². The van der Waals surface area contributed by atoms with E-state index in [9.17, 15) is 9.90 Å². The lowest BCUT2D eigenvalue weighted by molar-refractivity contribution is -0.204. The SMILES string of the molecule is CC1(N2CCC(c3ccc(Cl)cc3)C2(C(=O)O)n2cncn2)COCOC1. The van der Waals surface area contributed by atoms with Crippen molar-refractivity contribution in [2.45, 2.75) is 30.5 Å². The summed E-state index contributed by atoms with van der Waals surface area (Å²) in [5.74, 6) is -1.33. The third kappa shape index (κ3) is 2.84. The highest BCUT2D eigenvalue weighted by atomic mass is 35.5. The summed E-state index contributed by atoms with van der Waals surface area (Å²) in [6.07, 6.45) is 3.46. The molecule has 2 aliphatic rings. The first-order valence-corrected chi connectivity index (χ1v) is 9.13. The van der Waals surface area contributed by atoms with E-state index in [-0.39, 0.29) is 12.7 Å². The van der Waals surface area contributed by atoms with Crippen LogP contribution >= 0.6 is 11.6 Å². The number of carboxylic acid groups (broad SMARTS) is 1. The van der Waals surface area contributed by atoms with Crippen LogP contribution in [0, 0.1) is 0 Å². The van der Waals surface area contributed by atoms with E-state index in [0.717, 1.165) is 5.56 Å². The van der Waals surface area contributed by atoms with Crippen LogP contribution in [0.2, 0.25) is 5.02 Å². The van der Waals surface area contributed by atoms with Gasteiger partial charge in [0.1, 0.15) is 19.4 Å². The smallest absolute Gasteiger partial charge is 0.347 e. The predicted molar refractivity (Wildman–Crippen MR) is 96.3 cm³/mol. The second-order valence-electron chi connectivity index (χ2n) is 7.23.